The number of benzene rings is 2. The van der Waals surface area contributed by atoms with Crippen molar-refractivity contribution in [3.63, 3.8) is 0 Å². The molecular formula is C26H33N7O. The molecule has 0 radical (unpaired) electrons. The van der Waals surface area contributed by atoms with Gasteiger partial charge < -0.3 is 30.5 Å². The summed E-state index contributed by atoms with van der Waals surface area (Å²) in [4.78, 5) is 16.3. The van der Waals surface area contributed by atoms with E-state index in [0.29, 0.717) is 5.95 Å². The number of piperazine rings is 1. The average Bonchev–Trinajstić information content (AvgIpc) is 2.90. The number of likely N-dealkylation sites (N-methyl/N-ethyl adjacent to an activating group) is 1. The molecule has 8 heteroatoms. The van der Waals surface area contributed by atoms with Crippen LogP contribution in [0.2, 0.25) is 0 Å². The molecule has 2 aliphatic heterocycles. The molecule has 0 saturated carbocycles. The molecule has 1 aromatic heterocycles. The summed E-state index contributed by atoms with van der Waals surface area (Å²) >= 11 is 0. The number of rotatable bonds is 6. The zero-order chi connectivity index (χ0) is 23.3. The standard InChI is InChI=1S/C26H33N7O/c1-2-31-11-13-33(14-12-31)25-8-3-20(19-23(25)27)24-9-10-28-26(30-24)29-21-4-6-22(7-5-21)32-15-17-34-18-16-32/h3-10,19H,2,11-18,27H2,1H3,(H,28,29,30). The number of morpholine rings is 1. The predicted molar refractivity (Wildman–Crippen MR) is 139 cm³/mol. The maximum atomic E-state index is 6.47. The van der Waals surface area contributed by atoms with Crippen LogP contribution in [0.3, 0.4) is 0 Å². The van der Waals surface area contributed by atoms with Crippen molar-refractivity contribution in [2.45, 2.75) is 6.92 Å². The molecule has 3 aromatic rings. The molecule has 3 heterocycles. The third-order valence-corrected chi connectivity index (χ3v) is 6.64. The van der Waals surface area contributed by atoms with Gasteiger partial charge in [0.1, 0.15) is 0 Å². The van der Waals surface area contributed by atoms with Crippen LogP contribution >= 0.6 is 0 Å². The molecule has 0 atom stereocenters. The molecule has 2 aliphatic rings. The molecule has 5 rings (SSSR count). The number of nitrogen functional groups attached to an aromatic ring is 1. The summed E-state index contributed by atoms with van der Waals surface area (Å²) in [5.74, 6) is 0.565. The van der Waals surface area contributed by atoms with Crippen LogP contribution in [0, 0.1) is 0 Å². The van der Waals surface area contributed by atoms with Crippen LogP contribution in [-0.4, -0.2) is 73.9 Å². The lowest BCUT2D eigenvalue weighted by molar-refractivity contribution is 0.122. The van der Waals surface area contributed by atoms with Gasteiger partial charge in [-0.15, -0.1) is 0 Å². The summed E-state index contributed by atoms with van der Waals surface area (Å²) in [6.45, 7) is 10.9. The fourth-order valence-corrected chi connectivity index (χ4v) is 4.59. The minimum absolute atomic E-state index is 0.565. The zero-order valence-electron chi connectivity index (χ0n) is 19.8. The molecule has 2 aromatic carbocycles. The minimum atomic E-state index is 0.565. The van der Waals surface area contributed by atoms with Crippen LogP contribution < -0.4 is 20.9 Å². The number of hydrogen-bond donors (Lipinski definition) is 2. The molecule has 0 spiro atoms. The Morgan fingerprint density at radius 1 is 0.912 bits per heavy atom. The van der Waals surface area contributed by atoms with Gasteiger partial charge in [-0.2, -0.15) is 0 Å². The molecule has 0 bridgehead atoms. The monoisotopic (exact) mass is 459 g/mol. The molecule has 0 amide bonds. The van der Waals surface area contributed by atoms with Crippen molar-refractivity contribution in [1.82, 2.24) is 14.9 Å². The predicted octanol–water partition coefficient (Wildman–Crippen LogP) is 3.45. The van der Waals surface area contributed by atoms with E-state index in [0.717, 1.165) is 87.3 Å². The second-order valence-electron chi connectivity index (χ2n) is 8.73. The number of ether oxygens (including phenoxy) is 1. The number of hydrogen-bond acceptors (Lipinski definition) is 8. The fraction of sp³-hybridized carbons (Fsp3) is 0.385. The second kappa shape index (κ2) is 10.3. The number of aromatic nitrogens is 2. The molecule has 0 unspecified atom stereocenters. The Kier molecular flexibility index (Phi) is 6.78. The van der Waals surface area contributed by atoms with Gasteiger partial charge in [-0.1, -0.05) is 13.0 Å². The third kappa shape index (κ3) is 5.08. The van der Waals surface area contributed by atoms with E-state index in [-0.39, 0.29) is 0 Å². The van der Waals surface area contributed by atoms with Gasteiger partial charge in [0.25, 0.3) is 0 Å². The largest absolute Gasteiger partial charge is 0.397 e. The van der Waals surface area contributed by atoms with Gasteiger partial charge in [0, 0.05) is 62.4 Å². The Labute approximate surface area is 201 Å². The van der Waals surface area contributed by atoms with E-state index in [4.69, 9.17) is 15.5 Å². The quantitative estimate of drug-likeness (QED) is 0.543. The van der Waals surface area contributed by atoms with Crippen LogP contribution in [0.15, 0.2) is 54.7 Å². The van der Waals surface area contributed by atoms with Crippen LogP contribution in [0.1, 0.15) is 6.92 Å². The van der Waals surface area contributed by atoms with Gasteiger partial charge in [0.05, 0.1) is 30.3 Å². The smallest absolute Gasteiger partial charge is 0.227 e. The zero-order valence-corrected chi connectivity index (χ0v) is 19.8. The highest BCUT2D eigenvalue weighted by molar-refractivity contribution is 5.76. The molecular weight excluding hydrogens is 426 g/mol. The number of nitrogens with two attached hydrogens (primary N) is 1. The first-order chi connectivity index (χ1) is 16.7. The van der Waals surface area contributed by atoms with Crippen molar-refractivity contribution in [3.05, 3.63) is 54.7 Å². The summed E-state index contributed by atoms with van der Waals surface area (Å²) in [6.07, 6.45) is 1.78. The van der Waals surface area contributed by atoms with E-state index in [9.17, 15) is 0 Å². The highest BCUT2D eigenvalue weighted by Crippen LogP contribution is 2.30. The number of nitrogens with one attached hydrogen (secondary N) is 1. The van der Waals surface area contributed by atoms with Gasteiger partial charge in [0.15, 0.2) is 0 Å². The molecule has 2 saturated heterocycles. The molecule has 178 valence electrons. The number of nitrogens with zero attached hydrogens (tertiary/aromatic N) is 5. The fourth-order valence-electron chi connectivity index (χ4n) is 4.59. The molecule has 3 N–H and O–H groups in total. The Balaban J connectivity index is 1.27. The normalized spacial score (nSPS) is 17.1. The van der Waals surface area contributed by atoms with Gasteiger partial charge in [-0.3, -0.25) is 0 Å². The summed E-state index contributed by atoms with van der Waals surface area (Å²) < 4.78 is 5.44. The first-order valence-electron chi connectivity index (χ1n) is 12.1. The van der Waals surface area contributed by atoms with Gasteiger partial charge in [-0.25, -0.2) is 9.97 Å². The topological polar surface area (TPSA) is 82.8 Å². The summed E-state index contributed by atoms with van der Waals surface area (Å²) in [6, 6.07) is 16.5. The minimum Gasteiger partial charge on any atom is -0.397 e. The summed E-state index contributed by atoms with van der Waals surface area (Å²) in [7, 11) is 0. The van der Waals surface area contributed by atoms with Gasteiger partial charge in [0.2, 0.25) is 5.95 Å². The highest BCUT2D eigenvalue weighted by atomic mass is 16.5. The van der Waals surface area contributed by atoms with Crippen LogP contribution in [0.5, 0.6) is 0 Å². The van der Waals surface area contributed by atoms with E-state index in [1.807, 2.05) is 12.1 Å². The van der Waals surface area contributed by atoms with E-state index >= 15 is 0 Å². The summed E-state index contributed by atoms with van der Waals surface area (Å²) in [5, 5.41) is 3.32. The van der Waals surface area contributed by atoms with Crippen LogP contribution in [-0.2, 0) is 4.74 Å². The van der Waals surface area contributed by atoms with Crippen molar-refractivity contribution in [1.29, 1.82) is 0 Å². The van der Waals surface area contributed by atoms with Crippen molar-refractivity contribution in [2.24, 2.45) is 0 Å². The first-order valence-corrected chi connectivity index (χ1v) is 12.1. The highest BCUT2D eigenvalue weighted by Gasteiger charge is 2.18. The molecule has 34 heavy (non-hydrogen) atoms. The second-order valence-corrected chi connectivity index (χ2v) is 8.73. The van der Waals surface area contributed by atoms with Crippen molar-refractivity contribution < 1.29 is 4.74 Å². The molecule has 0 aliphatic carbocycles. The summed E-state index contributed by atoms with van der Waals surface area (Å²) in [5.41, 5.74) is 12.3. The SMILES string of the molecule is CCN1CCN(c2ccc(-c3ccnc(Nc4ccc(N5CCOCC5)cc4)n3)cc2N)CC1. The maximum absolute atomic E-state index is 6.47. The lowest BCUT2D eigenvalue weighted by atomic mass is 10.1. The Hall–Kier alpha value is -3.36. The van der Waals surface area contributed by atoms with Crippen LogP contribution in [0.25, 0.3) is 11.3 Å². The first kappa shape index (κ1) is 22.4. The Bertz CT molecular complexity index is 1090. The molecule has 2 fully saturated rings. The lowest BCUT2D eigenvalue weighted by Gasteiger charge is -2.36. The van der Waals surface area contributed by atoms with E-state index in [1.54, 1.807) is 6.20 Å². The Morgan fingerprint density at radius 2 is 1.68 bits per heavy atom. The van der Waals surface area contributed by atoms with E-state index < -0.39 is 0 Å². The molecule has 8 nitrogen and oxygen atoms in total. The van der Waals surface area contributed by atoms with E-state index in [1.165, 1.54) is 5.69 Å². The van der Waals surface area contributed by atoms with E-state index in [2.05, 4.69) is 68.3 Å². The third-order valence-electron chi connectivity index (χ3n) is 6.64. The Morgan fingerprint density at radius 3 is 2.38 bits per heavy atom. The van der Waals surface area contributed by atoms with Gasteiger partial charge in [-0.05, 0) is 49.0 Å². The average molecular weight is 460 g/mol. The lowest BCUT2D eigenvalue weighted by Crippen LogP contribution is -2.46. The van der Waals surface area contributed by atoms with Gasteiger partial charge >= 0.3 is 0 Å². The van der Waals surface area contributed by atoms with Crippen molar-refractivity contribution in [3.8, 4) is 11.3 Å². The van der Waals surface area contributed by atoms with Crippen molar-refractivity contribution in [2.75, 3.05) is 79.9 Å². The number of anilines is 5. The van der Waals surface area contributed by atoms with Crippen molar-refractivity contribution >= 4 is 28.7 Å². The maximum Gasteiger partial charge on any atom is 0.227 e. The van der Waals surface area contributed by atoms with Crippen LogP contribution in [0.4, 0.5) is 28.7 Å².